The molecule has 0 bridgehead atoms. The molecule has 2 aromatic carbocycles. The number of carbonyl (C=O) groups is 2. The third-order valence-electron chi connectivity index (χ3n) is 4.36. The Morgan fingerprint density at radius 3 is 2.63 bits per heavy atom. The van der Waals surface area contributed by atoms with Crippen molar-refractivity contribution in [3.63, 3.8) is 0 Å². The lowest BCUT2D eigenvalue weighted by molar-refractivity contribution is -0.116. The summed E-state index contributed by atoms with van der Waals surface area (Å²) >= 11 is 7.23. The minimum atomic E-state index is -0.132. The molecule has 7 nitrogen and oxygen atoms in total. The topological polar surface area (TPSA) is 88.9 Å². The van der Waals surface area contributed by atoms with Gasteiger partial charge in [-0.15, -0.1) is 10.2 Å². The summed E-state index contributed by atoms with van der Waals surface area (Å²) < 4.78 is 1.80. The predicted octanol–water partition coefficient (Wildman–Crippen LogP) is 4.08. The Morgan fingerprint density at radius 1 is 1.07 bits per heavy atom. The molecule has 30 heavy (non-hydrogen) atoms. The molecule has 2 N–H and O–H groups in total. The number of hydrogen-bond acceptors (Lipinski definition) is 5. The maximum atomic E-state index is 12.2. The van der Waals surface area contributed by atoms with E-state index in [0.29, 0.717) is 28.1 Å². The van der Waals surface area contributed by atoms with Crippen molar-refractivity contribution < 1.29 is 9.59 Å². The van der Waals surface area contributed by atoms with Gasteiger partial charge in [0.15, 0.2) is 5.16 Å². The molecule has 3 aromatic rings. The van der Waals surface area contributed by atoms with Gasteiger partial charge in [-0.3, -0.25) is 9.59 Å². The molecular formula is C21H22ClN5O2S. The fourth-order valence-electron chi connectivity index (χ4n) is 2.73. The van der Waals surface area contributed by atoms with E-state index in [1.54, 1.807) is 28.8 Å². The molecule has 3 rings (SSSR count). The number of carbonyl (C=O) groups excluding carboxylic acids is 2. The highest BCUT2D eigenvalue weighted by Crippen LogP contribution is 2.19. The van der Waals surface area contributed by atoms with Crippen LogP contribution in [0.2, 0.25) is 5.02 Å². The Hall–Kier alpha value is -2.84. The van der Waals surface area contributed by atoms with Crippen molar-refractivity contribution >= 4 is 46.6 Å². The summed E-state index contributed by atoms with van der Waals surface area (Å²) in [6.45, 7) is 1.94. The van der Waals surface area contributed by atoms with Crippen LogP contribution in [0.4, 0.5) is 11.4 Å². The summed E-state index contributed by atoms with van der Waals surface area (Å²) in [6, 6.07) is 14.6. The molecule has 1 aromatic heterocycles. The Kier molecular flexibility index (Phi) is 7.48. The fraction of sp³-hybridized carbons (Fsp3) is 0.238. The van der Waals surface area contributed by atoms with E-state index < -0.39 is 0 Å². The molecule has 2 amide bonds. The highest BCUT2D eigenvalue weighted by atomic mass is 35.5. The lowest BCUT2D eigenvalue weighted by atomic mass is 10.2. The van der Waals surface area contributed by atoms with Crippen LogP contribution in [0.5, 0.6) is 0 Å². The van der Waals surface area contributed by atoms with Gasteiger partial charge in [0.1, 0.15) is 5.82 Å². The van der Waals surface area contributed by atoms with E-state index >= 15 is 0 Å². The Morgan fingerprint density at radius 2 is 1.87 bits per heavy atom. The van der Waals surface area contributed by atoms with Crippen molar-refractivity contribution in [2.75, 3.05) is 16.4 Å². The van der Waals surface area contributed by atoms with Gasteiger partial charge in [-0.25, -0.2) is 0 Å². The molecule has 9 heteroatoms. The number of nitrogens with zero attached hydrogens (tertiary/aromatic N) is 3. The van der Waals surface area contributed by atoms with Crippen LogP contribution in [0.15, 0.2) is 53.7 Å². The number of amides is 2. The molecule has 0 spiro atoms. The minimum absolute atomic E-state index is 0.111. The molecule has 0 radical (unpaired) electrons. The lowest BCUT2D eigenvalue weighted by Crippen LogP contribution is -2.15. The summed E-state index contributed by atoms with van der Waals surface area (Å²) in [6.07, 6.45) is 0.697. The number of aromatic nitrogens is 3. The average molecular weight is 444 g/mol. The fourth-order valence-corrected chi connectivity index (χ4v) is 3.65. The maximum Gasteiger partial charge on any atom is 0.234 e. The summed E-state index contributed by atoms with van der Waals surface area (Å²) in [5.41, 5.74) is 2.46. The normalized spacial score (nSPS) is 10.6. The van der Waals surface area contributed by atoms with Crippen LogP contribution in [-0.2, 0) is 23.1 Å². The predicted molar refractivity (Wildman–Crippen MR) is 120 cm³/mol. The summed E-state index contributed by atoms with van der Waals surface area (Å²) in [7, 11) is 1.83. The van der Waals surface area contributed by atoms with Crippen molar-refractivity contribution in [3.8, 4) is 0 Å². The van der Waals surface area contributed by atoms with Gasteiger partial charge in [-0.1, -0.05) is 47.6 Å². The Labute approximate surface area is 184 Å². The van der Waals surface area contributed by atoms with Crippen LogP contribution in [0.1, 0.15) is 17.8 Å². The lowest BCUT2D eigenvalue weighted by Gasteiger charge is -2.08. The van der Waals surface area contributed by atoms with Gasteiger partial charge in [0.05, 0.1) is 5.75 Å². The van der Waals surface area contributed by atoms with Crippen molar-refractivity contribution in [3.05, 3.63) is 64.9 Å². The number of benzene rings is 2. The second-order valence-electron chi connectivity index (χ2n) is 6.67. The van der Waals surface area contributed by atoms with Gasteiger partial charge in [0.25, 0.3) is 0 Å². The maximum absolute atomic E-state index is 12.2. The molecular weight excluding hydrogens is 422 g/mol. The van der Waals surface area contributed by atoms with Crippen LogP contribution >= 0.6 is 23.4 Å². The number of aryl methyl sites for hydroxylation is 2. The van der Waals surface area contributed by atoms with Gasteiger partial charge >= 0.3 is 0 Å². The summed E-state index contributed by atoms with van der Waals surface area (Å²) in [5, 5.41) is 15.2. The van der Waals surface area contributed by atoms with Gasteiger partial charge < -0.3 is 15.2 Å². The van der Waals surface area contributed by atoms with Gasteiger partial charge in [0, 0.05) is 36.3 Å². The first kappa shape index (κ1) is 21.9. The Balaban J connectivity index is 1.48. The quantitative estimate of drug-likeness (QED) is 0.512. The standard InChI is InChI=1S/C21H22ClN5O2S/c1-14-6-3-4-9-17(14)24-20(29)13-30-21-26-25-18(27(21)2)10-11-19(28)23-16-8-5-7-15(22)12-16/h3-9,12H,10-11,13H2,1-2H3,(H,23,28)(H,24,29). The van der Waals surface area contributed by atoms with E-state index in [9.17, 15) is 9.59 Å². The monoisotopic (exact) mass is 443 g/mol. The highest BCUT2D eigenvalue weighted by Gasteiger charge is 2.13. The molecule has 1 heterocycles. The summed E-state index contributed by atoms with van der Waals surface area (Å²) in [5.74, 6) is 0.653. The minimum Gasteiger partial charge on any atom is -0.326 e. The van der Waals surface area contributed by atoms with Crippen LogP contribution in [-0.4, -0.2) is 32.3 Å². The van der Waals surface area contributed by atoms with Crippen molar-refractivity contribution in [2.45, 2.75) is 24.9 Å². The van der Waals surface area contributed by atoms with E-state index in [-0.39, 0.29) is 24.0 Å². The molecule has 0 aliphatic heterocycles. The first-order chi connectivity index (χ1) is 14.4. The van der Waals surface area contributed by atoms with E-state index in [1.165, 1.54) is 11.8 Å². The molecule has 0 saturated heterocycles. The zero-order chi connectivity index (χ0) is 21.5. The van der Waals surface area contributed by atoms with E-state index in [1.807, 2.05) is 38.2 Å². The number of halogens is 1. The van der Waals surface area contributed by atoms with Crippen molar-refractivity contribution in [1.29, 1.82) is 0 Å². The number of nitrogens with one attached hydrogen (secondary N) is 2. The third kappa shape index (κ3) is 6.08. The molecule has 0 atom stereocenters. The smallest absolute Gasteiger partial charge is 0.234 e. The first-order valence-corrected chi connectivity index (χ1v) is 10.7. The van der Waals surface area contributed by atoms with E-state index in [0.717, 1.165) is 11.3 Å². The van der Waals surface area contributed by atoms with Gasteiger partial charge in [-0.05, 0) is 36.8 Å². The molecule has 156 valence electrons. The van der Waals surface area contributed by atoms with E-state index in [2.05, 4.69) is 20.8 Å². The SMILES string of the molecule is Cc1ccccc1NC(=O)CSc1nnc(CCC(=O)Nc2cccc(Cl)c2)n1C. The van der Waals surface area contributed by atoms with Crippen LogP contribution < -0.4 is 10.6 Å². The number of hydrogen-bond donors (Lipinski definition) is 2. The largest absolute Gasteiger partial charge is 0.326 e. The summed E-state index contributed by atoms with van der Waals surface area (Å²) in [4.78, 5) is 24.4. The zero-order valence-electron chi connectivity index (χ0n) is 16.7. The Bertz CT molecular complexity index is 1050. The molecule has 0 aliphatic carbocycles. The van der Waals surface area contributed by atoms with Crippen LogP contribution in [0.25, 0.3) is 0 Å². The van der Waals surface area contributed by atoms with Crippen molar-refractivity contribution in [1.82, 2.24) is 14.8 Å². The van der Waals surface area contributed by atoms with Crippen LogP contribution in [0, 0.1) is 6.92 Å². The molecule has 0 aliphatic rings. The van der Waals surface area contributed by atoms with Crippen LogP contribution in [0.3, 0.4) is 0 Å². The average Bonchev–Trinajstić information content (AvgIpc) is 3.06. The number of anilines is 2. The molecule has 0 unspecified atom stereocenters. The second-order valence-corrected chi connectivity index (χ2v) is 8.05. The van der Waals surface area contributed by atoms with Gasteiger partial charge in [0.2, 0.25) is 11.8 Å². The molecule has 0 fully saturated rings. The zero-order valence-corrected chi connectivity index (χ0v) is 18.3. The van der Waals surface area contributed by atoms with Crippen molar-refractivity contribution in [2.24, 2.45) is 7.05 Å². The first-order valence-electron chi connectivity index (χ1n) is 9.34. The number of rotatable bonds is 8. The highest BCUT2D eigenvalue weighted by molar-refractivity contribution is 7.99. The number of thioether (sulfide) groups is 1. The van der Waals surface area contributed by atoms with Gasteiger partial charge in [-0.2, -0.15) is 0 Å². The van der Waals surface area contributed by atoms with E-state index in [4.69, 9.17) is 11.6 Å². The molecule has 0 saturated carbocycles. The number of para-hydroxylation sites is 1. The second kappa shape index (κ2) is 10.3. The third-order valence-corrected chi connectivity index (χ3v) is 5.62.